The van der Waals surface area contributed by atoms with Gasteiger partial charge in [0.25, 0.3) is 8.32 Å². The zero-order valence-corrected chi connectivity index (χ0v) is 21.5. The van der Waals surface area contributed by atoms with E-state index in [-0.39, 0.29) is 17.4 Å². The van der Waals surface area contributed by atoms with Crippen LogP contribution in [0.5, 0.6) is 0 Å². The van der Waals surface area contributed by atoms with Gasteiger partial charge < -0.3 is 18.6 Å². The van der Waals surface area contributed by atoms with Gasteiger partial charge in [0.05, 0.1) is 6.61 Å². The van der Waals surface area contributed by atoms with Crippen LogP contribution in [0.25, 0.3) is 0 Å². The van der Waals surface area contributed by atoms with E-state index < -0.39 is 32.4 Å². The first-order valence-electron chi connectivity index (χ1n) is 11.4. The molecule has 3 rings (SSSR count). The Hall–Kier alpha value is -2.09. The van der Waals surface area contributed by atoms with Crippen molar-refractivity contribution in [2.45, 2.75) is 63.8 Å². The average molecular weight is 469 g/mol. The maximum atomic E-state index is 12.5. The number of rotatable bonds is 9. The Balaban J connectivity index is 2.03. The minimum atomic E-state index is -2.75. The van der Waals surface area contributed by atoms with E-state index in [1.807, 2.05) is 26.0 Å². The second-order valence-corrected chi connectivity index (χ2v) is 14.2. The highest BCUT2D eigenvalue weighted by Gasteiger charge is 2.53. The van der Waals surface area contributed by atoms with Crippen molar-refractivity contribution >= 4 is 24.5 Å². The molecule has 1 saturated heterocycles. The molecule has 0 radical (unpaired) electrons. The van der Waals surface area contributed by atoms with Crippen molar-refractivity contribution < 1.29 is 23.4 Å². The monoisotopic (exact) mass is 468 g/mol. The molecule has 0 aromatic heterocycles. The van der Waals surface area contributed by atoms with Crippen molar-refractivity contribution in [2.75, 3.05) is 13.7 Å². The van der Waals surface area contributed by atoms with Gasteiger partial charge in [-0.3, -0.25) is 4.79 Å². The van der Waals surface area contributed by atoms with Crippen LogP contribution in [0.3, 0.4) is 0 Å². The Kier molecular flexibility index (Phi) is 7.76. The highest BCUT2D eigenvalue weighted by molar-refractivity contribution is 6.99. The lowest BCUT2D eigenvalue weighted by molar-refractivity contribution is -0.161. The number of hydrogen-bond acceptors (Lipinski definition) is 5. The second kappa shape index (κ2) is 10.0. The molecule has 1 aliphatic rings. The van der Waals surface area contributed by atoms with Crippen molar-refractivity contribution in [2.24, 2.45) is 0 Å². The lowest BCUT2D eigenvalue weighted by Crippen LogP contribution is -2.67. The van der Waals surface area contributed by atoms with Crippen LogP contribution in [-0.4, -0.2) is 51.9 Å². The highest BCUT2D eigenvalue weighted by atomic mass is 28.4. The molecular weight excluding hydrogens is 432 g/mol. The van der Waals surface area contributed by atoms with E-state index in [0.717, 1.165) is 0 Å². The van der Waals surface area contributed by atoms with Gasteiger partial charge in [-0.1, -0.05) is 88.0 Å². The minimum Gasteiger partial charge on any atom is -0.405 e. The normalized spacial score (nSPS) is 21.5. The van der Waals surface area contributed by atoms with Gasteiger partial charge in [-0.2, -0.15) is 0 Å². The third-order valence-electron chi connectivity index (χ3n) is 6.14. The van der Waals surface area contributed by atoms with Gasteiger partial charge in [-0.25, -0.2) is 0 Å². The van der Waals surface area contributed by atoms with Gasteiger partial charge in [0.1, 0.15) is 18.3 Å². The quantitative estimate of drug-likeness (QED) is 0.413. The number of carbonyl (C=O) groups excluding carboxylic acids is 1. The van der Waals surface area contributed by atoms with Crippen molar-refractivity contribution in [3.05, 3.63) is 73.3 Å². The minimum absolute atomic E-state index is 0.169. The first-order chi connectivity index (χ1) is 15.6. The fourth-order valence-corrected chi connectivity index (χ4v) is 9.32. The number of carbonyl (C=O) groups is 1. The van der Waals surface area contributed by atoms with Crippen LogP contribution in [0, 0.1) is 0 Å². The third kappa shape index (κ3) is 5.20. The Morgan fingerprint density at radius 3 is 2.00 bits per heavy atom. The van der Waals surface area contributed by atoms with E-state index in [9.17, 15) is 4.79 Å². The standard InChI is InChI=1S/C27H36O5Si/c1-8-22(28)24(29-7)25-23(31-27(5,6)32-25)19-30-33(26(2,3)4,20-15-11-9-12-16-20)21-17-13-10-14-18-21/h8-18,23-25H,1,19H2,2-7H3/t23-,24-,25-/m0/s1. The van der Waals surface area contributed by atoms with Crippen LogP contribution in [0.4, 0.5) is 0 Å². The molecule has 2 aromatic rings. The highest BCUT2D eigenvalue weighted by Crippen LogP contribution is 2.38. The lowest BCUT2D eigenvalue weighted by Gasteiger charge is -2.43. The van der Waals surface area contributed by atoms with Crippen molar-refractivity contribution in [1.82, 2.24) is 0 Å². The summed E-state index contributed by atoms with van der Waals surface area (Å²) in [5.41, 5.74) is 0. The molecule has 33 heavy (non-hydrogen) atoms. The zero-order valence-electron chi connectivity index (χ0n) is 20.5. The topological polar surface area (TPSA) is 54.0 Å². The SMILES string of the molecule is C=CC(=O)[C@H](OC)[C@H]1OC(C)(C)O[C@H]1CO[Si](c1ccccc1)(c1ccccc1)C(C)(C)C. The van der Waals surface area contributed by atoms with E-state index in [0.29, 0.717) is 0 Å². The van der Waals surface area contributed by atoms with Crippen LogP contribution in [0.15, 0.2) is 73.3 Å². The van der Waals surface area contributed by atoms with E-state index in [4.69, 9.17) is 18.6 Å². The molecule has 0 saturated carbocycles. The molecule has 0 amide bonds. The smallest absolute Gasteiger partial charge is 0.261 e. The summed E-state index contributed by atoms with van der Waals surface area (Å²) in [4.78, 5) is 12.5. The van der Waals surface area contributed by atoms with Crippen LogP contribution >= 0.6 is 0 Å². The molecule has 0 unspecified atom stereocenters. The molecule has 2 aromatic carbocycles. The molecule has 1 aliphatic heterocycles. The van der Waals surface area contributed by atoms with E-state index >= 15 is 0 Å². The van der Waals surface area contributed by atoms with Crippen molar-refractivity contribution in [3.63, 3.8) is 0 Å². The number of hydrogen-bond donors (Lipinski definition) is 0. The molecule has 0 aliphatic carbocycles. The van der Waals surface area contributed by atoms with Crippen LogP contribution in [-0.2, 0) is 23.4 Å². The Bertz CT molecular complexity index is 896. The maximum absolute atomic E-state index is 12.5. The Morgan fingerprint density at radius 1 is 1.06 bits per heavy atom. The molecule has 0 N–H and O–H groups in total. The number of ether oxygens (including phenoxy) is 3. The summed E-state index contributed by atoms with van der Waals surface area (Å²) in [7, 11) is -1.25. The zero-order chi connectivity index (χ0) is 24.3. The van der Waals surface area contributed by atoms with Crippen LogP contribution < -0.4 is 10.4 Å². The molecule has 3 atom stereocenters. The van der Waals surface area contributed by atoms with E-state index in [1.54, 1.807) is 0 Å². The molecule has 178 valence electrons. The summed E-state index contributed by atoms with van der Waals surface area (Å²) in [5, 5.41) is 2.20. The predicted octanol–water partition coefficient (Wildman–Crippen LogP) is 3.85. The molecule has 1 heterocycles. The molecule has 0 spiro atoms. The average Bonchev–Trinajstić information content (AvgIpc) is 3.09. The van der Waals surface area contributed by atoms with Gasteiger partial charge >= 0.3 is 0 Å². The van der Waals surface area contributed by atoms with Crippen LogP contribution in [0.2, 0.25) is 5.04 Å². The van der Waals surface area contributed by atoms with Gasteiger partial charge in [0.15, 0.2) is 11.6 Å². The molecule has 1 fully saturated rings. The number of benzene rings is 2. The molecular formula is C27H36O5Si. The Labute approximate surface area is 198 Å². The molecule has 6 heteroatoms. The summed E-state index contributed by atoms with van der Waals surface area (Å²) >= 11 is 0. The third-order valence-corrected chi connectivity index (χ3v) is 11.1. The van der Waals surface area contributed by atoms with E-state index in [2.05, 4.69) is 75.9 Å². The largest absolute Gasteiger partial charge is 0.405 e. The second-order valence-electron chi connectivity index (χ2n) is 9.88. The van der Waals surface area contributed by atoms with Gasteiger partial charge in [-0.05, 0) is 35.3 Å². The first kappa shape index (κ1) is 25.5. The molecule has 5 nitrogen and oxygen atoms in total. The first-order valence-corrected chi connectivity index (χ1v) is 13.3. The van der Waals surface area contributed by atoms with E-state index in [1.165, 1.54) is 23.6 Å². The summed E-state index contributed by atoms with van der Waals surface area (Å²) in [6, 6.07) is 20.9. The lowest BCUT2D eigenvalue weighted by atomic mass is 10.0. The summed E-state index contributed by atoms with van der Waals surface area (Å²) < 4.78 is 24.9. The number of methoxy groups -OCH3 is 1. The summed E-state index contributed by atoms with van der Waals surface area (Å²) in [6.45, 7) is 14.2. The molecule has 0 bridgehead atoms. The fraction of sp³-hybridized carbons (Fsp3) is 0.444. The summed E-state index contributed by atoms with van der Waals surface area (Å²) in [5.74, 6) is -1.10. The number of ketones is 1. The van der Waals surface area contributed by atoms with Gasteiger partial charge in [-0.15, -0.1) is 0 Å². The maximum Gasteiger partial charge on any atom is 0.261 e. The van der Waals surface area contributed by atoms with Crippen molar-refractivity contribution in [3.8, 4) is 0 Å². The van der Waals surface area contributed by atoms with Crippen LogP contribution in [0.1, 0.15) is 34.6 Å². The Morgan fingerprint density at radius 2 is 1.58 bits per heavy atom. The predicted molar refractivity (Wildman–Crippen MR) is 133 cm³/mol. The summed E-state index contributed by atoms with van der Waals surface area (Å²) in [6.07, 6.45) is -0.621. The van der Waals surface area contributed by atoms with Gasteiger partial charge in [0, 0.05) is 7.11 Å². The fourth-order valence-electron chi connectivity index (χ4n) is 4.75. The van der Waals surface area contributed by atoms with Crippen molar-refractivity contribution in [1.29, 1.82) is 0 Å². The van der Waals surface area contributed by atoms with Gasteiger partial charge in [0.2, 0.25) is 0 Å².